The van der Waals surface area contributed by atoms with E-state index in [-0.39, 0.29) is 0 Å². The van der Waals surface area contributed by atoms with Crippen LogP contribution in [-0.4, -0.2) is 49.7 Å². The van der Waals surface area contributed by atoms with Gasteiger partial charge in [-0.3, -0.25) is 0 Å². The summed E-state index contributed by atoms with van der Waals surface area (Å²) in [5, 5.41) is 5.95. The van der Waals surface area contributed by atoms with Crippen molar-refractivity contribution in [3.63, 3.8) is 0 Å². The van der Waals surface area contributed by atoms with Gasteiger partial charge in [-0.05, 0) is 35.7 Å². The Morgan fingerprint density at radius 2 is 1.75 bits per heavy atom. The normalized spacial score (nSPS) is 15.0. The highest BCUT2D eigenvalue weighted by Crippen LogP contribution is 2.28. The lowest BCUT2D eigenvalue weighted by Crippen LogP contribution is -2.46. The van der Waals surface area contributed by atoms with Gasteiger partial charge in [0, 0.05) is 38.1 Å². The second-order valence-corrected chi connectivity index (χ2v) is 7.18. The molecule has 1 fully saturated rings. The van der Waals surface area contributed by atoms with Crippen LogP contribution in [0.1, 0.15) is 12.5 Å². The standard InChI is InChI=1S/C23H28N4O/c1-3-26-12-14-27(15-13-26)23-21-7-5-4-6-19(21)16-22(25-23)24-17-18-8-10-20(28-2)11-9-18/h4-11,16H,3,12-15,17H2,1-2H3,(H,24,25). The second kappa shape index (κ2) is 8.48. The van der Waals surface area contributed by atoms with E-state index < -0.39 is 0 Å². The van der Waals surface area contributed by atoms with Crippen LogP contribution in [-0.2, 0) is 6.54 Å². The van der Waals surface area contributed by atoms with Gasteiger partial charge in [0.2, 0.25) is 0 Å². The van der Waals surface area contributed by atoms with Crippen LogP contribution in [0.5, 0.6) is 5.75 Å². The molecule has 2 heterocycles. The van der Waals surface area contributed by atoms with Crippen molar-refractivity contribution >= 4 is 22.4 Å². The lowest BCUT2D eigenvalue weighted by atomic mass is 10.1. The molecule has 5 nitrogen and oxygen atoms in total. The zero-order valence-corrected chi connectivity index (χ0v) is 16.7. The zero-order chi connectivity index (χ0) is 19.3. The van der Waals surface area contributed by atoms with E-state index in [9.17, 15) is 0 Å². The molecule has 0 bridgehead atoms. The fourth-order valence-electron chi connectivity index (χ4n) is 3.72. The van der Waals surface area contributed by atoms with E-state index >= 15 is 0 Å². The lowest BCUT2D eigenvalue weighted by molar-refractivity contribution is 0.271. The Morgan fingerprint density at radius 3 is 2.46 bits per heavy atom. The van der Waals surface area contributed by atoms with Gasteiger partial charge in [-0.15, -0.1) is 0 Å². The fourth-order valence-corrected chi connectivity index (χ4v) is 3.72. The predicted octanol–water partition coefficient (Wildman–Crippen LogP) is 4.00. The Labute approximate surface area is 166 Å². The molecule has 1 aliphatic rings. The highest BCUT2D eigenvalue weighted by atomic mass is 16.5. The molecule has 0 spiro atoms. The Balaban J connectivity index is 1.56. The number of benzene rings is 2. The van der Waals surface area contributed by atoms with E-state index in [1.807, 2.05) is 12.1 Å². The van der Waals surface area contributed by atoms with Crippen molar-refractivity contribution in [1.29, 1.82) is 0 Å². The van der Waals surface area contributed by atoms with Crippen LogP contribution in [0.2, 0.25) is 0 Å². The molecule has 5 heteroatoms. The third-order valence-corrected chi connectivity index (χ3v) is 5.47. The van der Waals surface area contributed by atoms with E-state index in [0.29, 0.717) is 0 Å². The molecule has 0 aliphatic carbocycles. The molecule has 1 aromatic heterocycles. The van der Waals surface area contributed by atoms with E-state index in [0.717, 1.165) is 56.7 Å². The van der Waals surface area contributed by atoms with Crippen molar-refractivity contribution in [3.8, 4) is 5.75 Å². The van der Waals surface area contributed by atoms with E-state index in [1.165, 1.54) is 16.3 Å². The maximum Gasteiger partial charge on any atom is 0.138 e. The molecule has 4 rings (SSSR count). The zero-order valence-electron chi connectivity index (χ0n) is 16.7. The monoisotopic (exact) mass is 376 g/mol. The first-order chi connectivity index (χ1) is 13.8. The summed E-state index contributed by atoms with van der Waals surface area (Å²) in [6.45, 7) is 8.31. The summed E-state index contributed by atoms with van der Waals surface area (Å²) in [6.07, 6.45) is 0. The number of nitrogens with zero attached hydrogens (tertiary/aromatic N) is 3. The van der Waals surface area contributed by atoms with Gasteiger partial charge in [0.05, 0.1) is 7.11 Å². The van der Waals surface area contributed by atoms with Gasteiger partial charge in [-0.2, -0.15) is 0 Å². The number of fused-ring (bicyclic) bond motifs is 1. The molecule has 0 unspecified atom stereocenters. The molecule has 1 aliphatic heterocycles. The Hall–Kier alpha value is -2.79. The van der Waals surface area contributed by atoms with Crippen LogP contribution in [0.15, 0.2) is 54.6 Å². The molecular weight excluding hydrogens is 348 g/mol. The summed E-state index contributed by atoms with van der Waals surface area (Å²) in [5.41, 5.74) is 1.20. The third-order valence-electron chi connectivity index (χ3n) is 5.47. The minimum Gasteiger partial charge on any atom is -0.497 e. The van der Waals surface area contributed by atoms with E-state index in [1.54, 1.807) is 7.11 Å². The topological polar surface area (TPSA) is 40.6 Å². The lowest BCUT2D eigenvalue weighted by Gasteiger charge is -2.35. The van der Waals surface area contributed by atoms with Crippen molar-refractivity contribution in [2.24, 2.45) is 0 Å². The Kier molecular flexibility index (Phi) is 5.63. The van der Waals surface area contributed by atoms with Crippen molar-refractivity contribution in [2.45, 2.75) is 13.5 Å². The molecule has 0 saturated carbocycles. The third kappa shape index (κ3) is 4.04. The molecule has 146 valence electrons. The minimum atomic E-state index is 0.735. The number of methoxy groups -OCH3 is 1. The molecule has 0 atom stereocenters. The summed E-state index contributed by atoms with van der Waals surface area (Å²) < 4.78 is 5.24. The molecule has 0 amide bonds. The maximum atomic E-state index is 5.24. The van der Waals surface area contributed by atoms with Crippen molar-refractivity contribution < 1.29 is 4.74 Å². The van der Waals surface area contributed by atoms with Gasteiger partial charge in [-0.1, -0.05) is 43.3 Å². The first kappa shape index (κ1) is 18.6. The quantitative estimate of drug-likeness (QED) is 0.704. The summed E-state index contributed by atoms with van der Waals surface area (Å²) >= 11 is 0. The van der Waals surface area contributed by atoms with Crippen LogP contribution in [0.3, 0.4) is 0 Å². The number of anilines is 2. The van der Waals surface area contributed by atoms with Gasteiger partial charge < -0.3 is 19.9 Å². The van der Waals surface area contributed by atoms with Gasteiger partial charge >= 0.3 is 0 Å². The highest BCUT2D eigenvalue weighted by Gasteiger charge is 2.19. The average Bonchev–Trinajstić information content (AvgIpc) is 2.77. The Bertz CT molecular complexity index is 918. The van der Waals surface area contributed by atoms with Gasteiger partial charge in [0.25, 0.3) is 0 Å². The van der Waals surface area contributed by atoms with Crippen molar-refractivity contribution in [3.05, 3.63) is 60.2 Å². The summed E-state index contributed by atoms with van der Waals surface area (Å²) in [7, 11) is 1.69. The van der Waals surface area contributed by atoms with E-state index in [4.69, 9.17) is 9.72 Å². The van der Waals surface area contributed by atoms with Crippen LogP contribution in [0, 0.1) is 0 Å². The summed E-state index contributed by atoms with van der Waals surface area (Å²) in [5.74, 6) is 2.88. The van der Waals surface area contributed by atoms with Crippen LogP contribution < -0.4 is 15.0 Å². The van der Waals surface area contributed by atoms with Gasteiger partial charge in [0.15, 0.2) is 0 Å². The summed E-state index contributed by atoms with van der Waals surface area (Å²) in [6, 6.07) is 18.8. The molecule has 3 aromatic rings. The SMILES string of the molecule is CCN1CCN(c2nc(NCc3ccc(OC)cc3)cc3ccccc23)CC1. The number of hydrogen-bond donors (Lipinski definition) is 1. The number of nitrogens with one attached hydrogen (secondary N) is 1. The number of hydrogen-bond acceptors (Lipinski definition) is 5. The molecular formula is C23H28N4O. The number of rotatable bonds is 6. The first-order valence-corrected chi connectivity index (χ1v) is 10.0. The molecule has 28 heavy (non-hydrogen) atoms. The van der Waals surface area contributed by atoms with Crippen molar-refractivity contribution in [1.82, 2.24) is 9.88 Å². The molecule has 1 N–H and O–H groups in total. The average molecular weight is 377 g/mol. The number of likely N-dealkylation sites (N-methyl/N-ethyl adjacent to an activating group) is 1. The van der Waals surface area contributed by atoms with Crippen molar-refractivity contribution in [2.75, 3.05) is 50.1 Å². The van der Waals surface area contributed by atoms with Crippen LogP contribution in [0.25, 0.3) is 10.8 Å². The second-order valence-electron chi connectivity index (χ2n) is 7.18. The largest absolute Gasteiger partial charge is 0.497 e. The number of aromatic nitrogens is 1. The highest BCUT2D eigenvalue weighted by molar-refractivity contribution is 5.94. The number of ether oxygens (including phenoxy) is 1. The molecule has 0 radical (unpaired) electrons. The molecule has 2 aromatic carbocycles. The number of pyridine rings is 1. The fraction of sp³-hybridized carbons (Fsp3) is 0.348. The van der Waals surface area contributed by atoms with Crippen LogP contribution in [0.4, 0.5) is 11.6 Å². The maximum absolute atomic E-state index is 5.24. The minimum absolute atomic E-state index is 0.735. The van der Waals surface area contributed by atoms with Gasteiger partial charge in [-0.25, -0.2) is 4.98 Å². The molecule has 1 saturated heterocycles. The van der Waals surface area contributed by atoms with Crippen LogP contribution >= 0.6 is 0 Å². The van der Waals surface area contributed by atoms with Gasteiger partial charge in [0.1, 0.15) is 17.4 Å². The smallest absolute Gasteiger partial charge is 0.138 e. The van der Waals surface area contributed by atoms with E-state index in [2.05, 4.69) is 64.5 Å². The first-order valence-electron chi connectivity index (χ1n) is 10.0. The Morgan fingerprint density at radius 1 is 1.00 bits per heavy atom. The number of piperazine rings is 1. The summed E-state index contributed by atoms with van der Waals surface area (Å²) in [4.78, 5) is 9.91. The predicted molar refractivity (Wildman–Crippen MR) is 116 cm³/mol.